The van der Waals surface area contributed by atoms with Gasteiger partial charge in [-0.25, -0.2) is 0 Å². The lowest BCUT2D eigenvalue weighted by atomic mass is 9.85. The van der Waals surface area contributed by atoms with Crippen LogP contribution in [0.2, 0.25) is 0 Å². The number of ether oxygens (including phenoxy) is 2. The van der Waals surface area contributed by atoms with Gasteiger partial charge in [0.25, 0.3) is 0 Å². The highest BCUT2D eigenvalue weighted by molar-refractivity contribution is 5.55. The fourth-order valence-corrected chi connectivity index (χ4v) is 4.29. The zero-order valence-corrected chi connectivity index (χ0v) is 17.7. The summed E-state index contributed by atoms with van der Waals surface area (Å²) in [7, 11) is 0. The average Bonchev–Trinajstić information content (AvgIpc) is 2.66. The van der Waals surface area contributed by atoms with Crippen molar-refractivity contribution >= 4 is 0 Å². The van der Waals surface area contributed by atoms with E-state index in [0.29, 0.717) is 18.6 Å². The van der Waals surface area contributed by atoms with E-state index in [4.69, 9.17) is 9.47 Å². The fourth-order valence-electron chi connectivity index (χ4n) is 4.29. The van der Waals surface area contributed by atoms with Crippen LogP contribution in [0.3, 0.4) is 0 Å². The van der Waals surface area contributed by atoms with Gasteiger partial charge in [0.2, 0.25) is 0 Å². The zero-order valence-electron chi connectivity index (χ0n) is 17.7. The SMILES string of the molecule is CC(C)=CCc1c(O)ccc([C@H]2COc3c(ccc4c3CCC(C)(C)O4)C2)c1O. The molecule has 0 saturated heterocycles. The Balaban J connectivity index is 1.63. The molecule has 4 rings (SSSR count). The van der Waals surface area contributed by atoms with Crippen molar-refractivity contribution in [2.24, 2.45) is 0 Å². The van der Waals surface area contributed by atoms with E-state index in [1.807, 2.05) is 26.0 Å². The molecule has 2 aliphatic heterocycles. The van der Waals surface area contributed by atoms with Crippen LogP contribution in [0.15, 0.2) is 35.9 Å². The molecule has 0 radical (unpaired) electrons. The van der Waals surface area contributed by atoms with E-state index in [-0.39, 0.29) is 23.0 Å². The van der Waals surface area contributed by atoms with E-state index in [1.54, 1.807) is 6.07 Å². The Morgan fingerprint density at radius 1 is 1.17 bits per heavy atom. The first kappa shape index (κ1) is 19.7. The fraction of sp³-hybridized carbons (Fsp3) is 0.440. The average molecular weight is 395 g/mol. The Kier molecular flexibility index (Phi) is 4.97. The molecule has 0 fully saturated rings. The van der Waals surface area contributed by atoms with Crippen LogP contribution in [0, 0.1) is 0 Å². The first-order chi connectivity index (χ1) is 13.7. The van der Waals surface area contributed by atoms with Gasteiger partial charge in [0.1, 0.15) is 28.6 Å². The molecular formula is C25H30O4. The van der Waals surface area contributed by atoms with Gasteiger partial charge < -0.3 is 19.7 Å². The first-order valence-corrected chi connectivity index (χ1v) is 10.4. The Bertz CT molecular complexity index is 967. The molecule has 0 bridgehead atoms. The summed E-state index contributed by atoms with van der Waals surface area (Å²) in [5, 5.41) is 21.1. The molecule has 2 heterocycles. The zero-order chi connectivity index (χ0) is 20.8. The molecule has 154 valence electrons. The highest BCUT2D eigenvalue weighted by Gasteiger charge is 2.33. The van der Waals surface area contributed by atoms with Gasteiger partial charge >= 0.3 is 0 Å². The van der Waals surface area contributed by atoms with Crippen molar-refractivity contribution < 1.29 is 19.7 Å². The van der Waals surface area contributed by atoms with Crippen LogP contribution in [0.25, 0.3) is 0 Å². The first-order valence-electron chi connectivity index (χ1n) is 10.4. The van der Waals surface area contributed by atoms with Crippen LogP contribution >= 0.6 is 0 Å². The molecule has 2 N–H and O–H groups in total. The number of allylic oxidation sites excluding steroid dienone is 2. The van der Waals surface area contributed by atoms with E-state index in [1.165, 1.54) is 5.56 Å². The van der Waals surface area contributed by atoms with Crippen molar-refractivity contribution in [1.82, 2.24) is 0 Å². The second-order valence-corrected chi connectivity index (χ2v) is 9.09. The molecule has 2 aromatic rings. The summed E-state index contributed by atoms with van der Waals surface area (Å²) >= 11 is 0. The molecule has 4 heteroatoms. The van der Waals surface area contributed by atoms with E-state index >= 15 is 0 Å². The summed E-state index contributed by atoms with van der Waals surface area (Å²) < 4.78 is 12.4. The lowest BCUT2D eigenvalue weighted by Gasteiger charge is -2.36. The maximum Gasteiger partial charge on any atom is 0.129 e. The van der Waals surface area contributed by atoms with E-state index < -0.39 is 0 Å². The second-order valence-electron chi connectivity index (χ2n) is 9.09. The van der Waals surface area contributed by atoms with Crippen molar-refractivity contribution in [1.29, 1.82) is 0 Å². The predicted molar refractivity (Wildman–Crippen MR) is 114 cm³/mol. The molecule has 0 aromatic heterocycles. The van der Waals surface area contributed by atoms with Crippen molar-refractivity contribution in [3.8, 4) is 23.0 Å². The van der Waals surface area contributed by atoms with Crippen molar-refractivity contribution in [3.63, 3.8) is 0 Å². The quantitative estimate of drug-likeness (QED) is 0.682. The Morgan fingerprint density at radius 2 is 1.97 bits per heavy atom. The number of aromatic hydroxyl groups is 2. The highest BCUT2D eigenvalue weighted by Crippen LogP contribution is 2.45. The lowest BCUT2D eigenvalue weighted by molar-refractivity contribution is 0.0826. The number of hydrogen-bond acceptors (Lipinski definition) is 4. The topological polar surface area (TPSA) is 58.9 Å². The third-order valence-corrected chi connectivity index (χ3v) is 6.00. The van der Waals surface area contributed by atoms with Gasteiger partial charge in [0, 0.05) is 22.6 Å². The largest absolute Gasteiger partial charge is 0.508 e. The maximum atomic E-state index is 10.9. The number of rotatable bonds is 3. The number of fused-ring (bicyclic) bond motifs is 3. The molecule has 0 amide bonds. The molecule has 4 nitrogen and oxygen atoms in total. The lowest BCUT2D eigenvalue weighted by Crippen LogP contribution is -2.33. The van der Waals surface area contributed by atoms with Crippen LogP contribution in [0.5, 0.6) is 23.0 Å². The Labute approximate surface area is 172 Å². The molecular weight excluding hydrogens is 364 g/mol. The maximum absolute atomic E-state index is 10.9. The summed E-state index contributed by atoms with van der Waals surface area (Å²) in [6, 6.07) is 7.64. The standard InChI is InChI=1S/C25H30O4/c1-15(2)5-7-19-21(26)9-8-18(23(19)27)17-13-16-6-10-22-20(24(16)28-14-17)11-12-25(3,4)29-22/h5-6,8-10,17,26-27H,7,11-14H2,1-4H3/t17-/m1/s1. The minimum absolute atomic E-state index is 0.0487. The smallest absolute Gasteiger partial charge is 0.129 e. The summed E-state index contributed by atoms with van der Waals surface area (Å²) in [4.78, 5) is 0. The Morgan fingerprint density at radius 3 is 2.72 bits per heavy atom. The summed E-state index contributed by atoms with van der Waals surface area (Å²) in [5.74, 6) is 2.25. The third kappa shape index (κ3) is 3.81. The van der Waals surface area contributed by atoms with Gasteiger partial charge in [-0.15, -0.1) is 0 Å². The highest BCUT2D eigenvalue weighted by atomic mass is 16.5. The number of phenolic OH excluding ortho intramolecular Hbond substituents is 2. The molecule has 0 saturated carbocycles. The Hall–Kier alpha value is -2.62. The summed E-state index contributed by atoms with van der Waals surface area (Å²) in [5.41, 5.74) is 4.74. The number of benzene rings is 2. The normalized spacial score (nSPS) is 19.4. The monoisotopic (exact) mass is 394 g/mol. The number of phenols is 2. The molecule has 2 aliphatic rings. The van der Waals surface area contributed by atoms with Crippen molar-refractivity contribution in [2.75, 3.05) is 6.61 Å². The van der Waals surface area contributed by atoms with Gasteiger partial charge in [-0.3, -0.25) is 0 Å². The summed E-state index contributed by atoms with van der Waals surface area (Å²) in [6.45, 7) is 8.76. The molecule has 0 spiro atoms. The van der Waals surface area contributed by atoms with Crippen molar-refractivity contribution in [2.45, 2.75) is 64.9 Å². The summed E-state index contributed by atoms with van der Waals surface area (Å²) in [6.07, 6.45) is 5.24. The minimum Gasteiger partial charge on any atom is -0.508 e. The van der Waals surface area contributed by atoms with Crippen LogP contribution in [0.4, 0.5) is 0 Å². The van der Waals surface area contributed by atoms with Crippen molar-refractivity contribution in [3.05, 3.63) is 58.2 Å². The van der Waals surface area contributed by atoms with Crippen LogP contribution in [-0.4, -0.2) is 22.4 Å². The molecule has 2 aromatic carbocycles. The predicted octanol–water partition coefficient (Wildman–Crippen LogP) is 5.43. The van der Waals surface area contributed by atoms with Gasteiger partial charge in [0.15, 0.2) is 0 Å². The van der Waals surface area contributed by atoms with Crippen LogP contribution in [-0.2, 0) is 19.3 Å². The molecule has 0 aliphatic carbocycles. The van der Waals surface area contributed by atoms with E-state index in [0.717, 1.165) is 47.5 Å². The van der Waals surface area contributed by atoms with Crippen LogP contribution < -0.4 is 9.47 Å². The molecule has 0 unspecified atom stereocenters. The third-order valence-electron chi connectivity index (χ3n) is 6.00. The van der Waals surface area contributed by atoms with Gasteiger partial charge in [-0.1, -0.05) is 23.8 Å². The second kappa shape index (κ2) is 7.33. The number of hydrogen-bond donors (Lipinski definition) is 2. The van der Waals surface area contributed by atoms with Gasteiger partial charge in [-0.05, 0) is 71.1 Å². The van der Waals surface area contributed by atoms with E-state index in [9.17, 15) is 10.2 Å². The minimum atomic E-state index is -0.141. The van der Waals surface area contributed by atoms with E-state index in [2.05, 4.69) is 26.0 Å². The van der Waals surface area contributed by atoms with Gasteiger partial charge in [0.05, 0.1) is 6.61 Å². The van der Waals surface area contributed by atoms with Gasteiger partial charge in [-0.2, -0.15) is 0 Å². The molecule has 29 heavy (non-hydrogen) atoms. The molecule has 1 atom stereocenters. The van der Waals surface area contributed by atoms with Crippen LogP contribution in [0.1, 0.15) is 62.3 Å².